The second-order valence-corrected chi connectivity index (χ2v) is 8.86. The van der Waals surface area contributed by atoms with Crippen LogP contribution >= 0.6 is 0 Å². The highest BCUT2D eigenvalue weighted by Gasteiger charge is 2.27. The van der Waals surface area contributed by atoms with Crippen LogP contribution in [0, 0.1) is 5.92 Å². The number of nitrogens with zero attached hydrogens (tertiary/aromatic N) is 3. The molecule has 0 unspecified atom stereocenters. The number of aromatic nitrogens is 1. The van der Waals surface area contributed by atoms with E-state index in [4.69, 9.17) is 9.47 Å². The van der Waals surface area contributed by atoms with E-state index in [9.17, 15) is 4.79 Å². The van der Waals surface area contributed by atoms with Crippen molar-refractivity contribution in [3.05, 3.63) is 53.9 Å². The Morgan fingerprint density at radius 2 is 1.84 bits per heavy atom. The van der Waals surface area contributed by atoms with Crippen LogP contribution in [0.3, 0.4) is 0 Å². The van der Waals surface area contributed by atoms with Crippen molar-refractivity contribution in [2.45, 2.75) is 45.8 Å². The van der Waals surface area contributed by atoms with Gasteiger partial charge in [-0.15, -0.1) is 0 Å². The molecule has 32 heavy (non-hydrogen) atoms. The van der Waals surface area contributed by atoms with E-state index in [-0.39, 0.29) is 12.1 Å². The molecule has 7 heteroatoms. The van der Waals surface area contributed by atoms with E-state index in [0.717, 1.165) is 42.9 Å². The smallest absolute Gasteiger partial charge is 0.318 e. The molecule has 0 bridgehead atoms. The summed E-state index contributed by atoms with van der Waals surface area (Å²) in [6.45, 7) is 7.88. The van der Waals surface area contributed by atoms with E-state index >= 15 is 0 Å². The molecule has 174 valence electrons. The van der Waals surface area contributed by atoms with Crippen molar-refractivity contribution in [2.24, 2.45) is 5.92 Å². The van der Waals surface area contributed by atoms with Gasteiger partial charge in [0, 0.05) is 12.6 Å². The van der Waals surface area contributed by atoms with Gasteiger partial charge in [-0.05, 0) is 68.7 Å². The fourth-order valence-electron chi connectivity index (χ4n) is 3.72. The molecule has 0 atom stereocenters. The standard InChI is InChI=1S/C25H36N4O3/c1-19(2)18-32-23-8-5-20(6-9-23)15-27-25(30)29(22-11-13-28(3)14-12-22)17-21-7-10-24(31-4)16-26-21/h5-10,16,19,22H,11-15,17-18H2,1-4H3,(H,27,30). The number of carbonyl (C=O) groups is 1. The third kappa shape index (κ3) is 7.12. The Labute approximate surface area is 191 Å². The summed E-state index contributed by atoms with van der Waals surface area (Å²) in [5.41, 5.74) is 1.90. The average Bonchev–Trinajstić information content (AvgIpc) is 2.81. The van der Waals surface area contributed by atoms with Crippen molar-refractivity contribution < 1.29 is 14.3 Å². The van der Waals surface area contributed by atoms with Gasteiger partial charge in [0.25, 0.3) is 0 Å². The van der Waals surface area contributed by atoms with E-state index in [1.165, 1.54) is 0 Å². The summed E-state index contributed by atoms with van der Waals surface area (Å²) in [4.78, 5) is 21.9. The van der Waals surface area contributed by atoms with Crippen molar-refractivity contribution in [1.29, 1.82) is 0 Å². The number of nitrogens with one attached hydrogen (secondary N) is 1. The van der Waals surface area contributed by atoms with Crippen LogP contribution in [0.4, 0.5) is 4.79 Å². The monoisotopic (exact) mass is 440 g/mol. The van der Waals surface area contributed by atoms with Gasteiger partial charge in [-0.25, -0.2) is 4.79 Å². The highest BCUT2D eigenvalue weighted by molar-refractivity contribution is 5.74. The summed E-state index contributed by atoms with van der Waals surface area (Å²) in [6, 6.07) is 11.9. The molecular formula is C25H36N4O3. The second-order valence-electron chi connectivity index (χ2n) is 8.86. The number of amides is 2. The zero-order valence-electron chi connectivity index (χ0n) is 19.7. The van der Waals surface area contributed by atoms with E-state index in [2.05, 4.69) is 36.1 Å². The molecule has 1 fully saturated rings. The van der Waals surface area contributed by atoms with Gasteiger partial charge in [0.1, 0.15) is 11.5 Å². The Morgan fingerprint density at radius 1 is 1.16 bits per heavy atom. The number of carbonyl (C=O) groups excluding carboxylic acids is 1. The quantitative estimate of drug-likeness (QED) is 0.640. The van der Waals surface area contributed by atoms with Crippen molar-refractivity contribution >= 4 is 6.03 Å². The van der Waals surface area contributed by atoms with Crippen molar-refractivity contribution in [2.75, 3.05) is 33.9 Å². The Bertz CT molecular complexity index is 831. The van der Waals surface area contributed by atoms with Gasteiger partial charge in [-0.2, -0.15) is 0 Å². The summed E-state index contributed by atoms with van der Waals surface area (Å²) in [7, 11) is 3.75. The fraction of sp³-hybridized carbons (Fsp3) is 0.520. The van der Waals surface area contributed by atoms with Crippen molar-refractivity contribution in [1.82, 2.24) is 20.1 Å². The predicted molar refractivity (Wildman–Crippen MR) is 126 cm³/mol. The largest absolute Gasteiger partial charge is 0.495 e. The molecule has 0 saturated carbocycles. The van der Waals surface area contributed by atoms with Crippen LogP contribution in [0.5, 0.6) is 11.5 Å². The zero-order valence-corrected chi connectivity index (χ0v) is 19.7. The maximum Gasteiger partial charge on any atom is 0.318 e. The summed E-state index contributed by atoms with van der Waals surface area (Å²) in [6.07, 6.45) is 3.62. The number of likely N-dealkylation sites (tertiary alicyclic amines) is 1. The SMILES string of the molecule is COc1ccc(CN(C(=O)NCc2ccc(OCC(C)C)cc2)C2CCN(C)CC2)nc1. The number of urea groups is 1. The second kappa shape index (κ2) is 11.7. The number of hydrogen-bond donors (Lipinski definition) is 1. The molecule has 1 saturated heterocycles. The van der Waals surface area contributed by atoms with Crippen LogP contribution in [0.25, 0.3) is 0 Å². The minimum atomic E-state index is -0.0581. The van der Waals surface area contributed by atoms with Crippen LogP contribution in [-0.2, 0) is 13.1 Å². The van der Waals surface area contributed by atoms with E-state index in [1.807, 2.05) is 41.3 Å². The lowest BCUT2D eigenvalue weighted by Crippen LogP contribution is -2.49. The van der Waals surface area contributed by atoms with Crippen LogP contribution in [0.15, 0.2) is 42.6 Å². The molecule has 1 aromatic carbocycles. The maximum atomic E-state index is 13.2. The van der Waals surface area contributed by atoms with Crippen LogP contribution in [0.2, 0.25) is 0 Å². The minimum absolute atomic E-state index is 0.0581. The molecule has 1 aromatic heterocycles. The zero-order chi connectivity index (χ0) is 22.9. The lowest BCUT2D eigenvalue weighted by atomic mass is 10.0. The normalized spacial score (nSPS) is 14.9. The first-order chi connectivity index (χ1) is 15.4. The van der Waals surface area contributed by atoms with Crippen molar-refractivity contribution in [3.63, 3.8) is 0 Å². The molecule has 2 aromatic rings. The number of methoxy groups -OCH3 is 1. The highest BCUT2D eigenvalue weighted by Crippen LogP contribution is 2.19. The lowest BCUT2D eigenvalue weighted by molar-refractivity contribution is 0.126. The Kier molecular flexibility index (Phi) is 8.73. The van der Waals surface area contributed by atoms with Gasteiger partial charge < -0.3 is 24.6 Å². The van der Waals surface area contributed by atoms with Gasteiger partial charge in [0.2, 0.25) is 0 Å². The Balaban J connectivity index is 1.62. The molecule has 0 radical (unpaired) electrons. The van der Waals surface area contributed by atoms with Crippen LogP contribution < -0.4 is 14.8 Å². The maximum absolute atomic E-state index is 13.2. The number of benzene rings is 1. The average molecular weight is 441 g/mol. The molecule has 2 heterocycles. The third-order valence-corrected chi connectivity index (χ3v) is 5.71. The molecule has 0 spiro atoms. The topological polar surface area (TPSA) is 66.9 Å². The molecule has 1 N–H and O–H groups in total. The minimum Gasteiger partial charge on any atom is -0.495 e. The van der Waals surface area contributed by atoms with Crippen LogP contribution in [0.1, 0.15) is 37.9 Å². The number of piperidine rings is 1. The highest BCUT2D eigenvalue weighted by atomic mass is 16.5. The number of rotatable bonds is 9. The number of pyridine rings is 1. The molecule has 1 aliphatic heterocycles. The fourth-order valence-corrected chi connectivity index (χ4v) is 3.72. The molecular weight excluding hydrogens is 404 g/mol. The predicted octanol–water partition coefficient (Wildman–Crippen LogP) is 3.93. The van der Waals surface area contributed by atoms with E-state index in [1.54, 1.807) is 13.3 Å². The van der Waals surface area contributed by atoms with Gasteiger partial charge in [0.05, 0.1) is 32.2 Å². The molecule has 7 nitrogen and oxygen atoms in total. The van der Waals surface area contributed by atoms with Gasteiger partial charge in [-0.1, -0.05) is 26.0 Å². The third-order valence-electron chi connectivity index (χ3n) is 5.71. The molecule has 2 amide bonds. The number of ether oxygens (including phenoxy) is 2. The lowest BCUT2D eigenvalue weighted by Gasteiger charge is -2.37. The first-order valence-corrected chi connectivity index (χ1v) is 11.4. The van der Waals surface area contributed by atoms with Crippen molar-refractivity contribution in [3.8, 4) is 11.5 Å². The summed E-state index contributed by atoms with van der Waals surface area (Å²) >= 11 is 0. The van der Waals surface area contributed by atoms with E-state index < -0.39 is 0 Å². The first-order valence-electron chi connectivity index (χ1n) is 11.4. The van der Waals surface area contributed by atoms with Gasteiger partial charge >= 0.3 is 6.03 Å². The van der Waals surface area contributed by atoms with Gasteiger partial charge in [0.15, 0.2) is 0 Å². The van der Waals surface area contributed by atoms with Gasteiger partial charge in [-0.3, -0.25) is 4.98 Å². The summed E-state index contributed by atoms with van der Waals surface area (Å²) in [5, 5.41) is 3.10. The summed E-state index contributed by atoms with van der Waals surface area (Å²) < 4.78 is 10.9. The Morgan fingerprint density at radius 3 is 2.44 bits per heavy atom. The summed E-state index contributed by atoms with van der Waals surface area (Å²) in [5.74, 6) is 2.05. The Hall–Kier alpha value is -2.80. The first kappa shape index (κ1) is 23.9. The molecule has 0 aliphatic carbocycles. The number of hydrogen-bond acceptors (Lipinski definition) is 5. The van der Waals surface area contributed by atoms with E-state index in [0.29, 0.717) is 31.4 Å². The molecule has 1 aliphatic rings. The van der Waals surface area contributed by atoms with Crippen LogP contribution in [-0.4, -0.2) is 60.7 Å². The molecule has 3 rings (SSSR count).